The summed E-state index contributed by atoms with van der Waals surface area (Å²) in [5, 5.41) is 2.39. The van der Waals surface area contributed by atoms with Crippen LogP contribution >= 0.6 is 0 Å². The van der Waals surface area contributed by atoms with Crippen LogP contribution in [0.15, 0.2) is 36.4 Å². The Kier molecular flexibility index (Phi) is 8.30. The number of carbonyl (C=O) groups is 3. The summed E-state index contributed by atoms with van der Waals surface area (Å²) >= 11 is 0. The first-order valence-electron chi connectivity index (χ1n) is 10.8. The monoisotopic (exact) mass is 472 g/mol. The number of benzene rings is 1. The van der Waals surface area contributed by atoms with Crippen LogP contribution in [0, 0.1) is 19.3 Å². The number of imide groups is 1. The predicted octanol–water partition coefficient (Wildman–Crippen LogP) is 3.33. The first-order valence-corrected chi connectivity index (χ1v) is 13.1. The molecule has 1 aromatic heterocycles. The highest BCUT2D eigenvalue weighted by molar-refractivity contribution is 7.89. The van der Waals surface area contributed by atoms with Crippen LogP contribution in [0.4, 0.5) is 0 Å². The lowest BCUT2D eigenvalue weighted by atomic mass is 9.73. The normalized spacial score (nSPS) is 18.8. The van der Waals surface area contributed by atoms with Gasteiger partial charge in [0.15, 0.2) is 5.78 Å². The van der Waals surface area contributed by atoms with Crippen molar-refractivity contribution in [3.05, 3.63) is 64.5 Å². The van der Waals surface area contributed by atoms with Crippen molar-refractivity contribution in [3.8, 4) is 0 Å². The van der Waals surface area contributed by atoms with Gasteiger partial charge in [-0.25, -0.2) is 8.42 Å². The molecule has 7 nitrogen and oxygen atoms in total. The summed E-state index contributed by atoms with van der Waals surface area (Å²) in [6.45, 7) is 7.67. The van der Waals surface area contributed by atoms with Gasteiger partial charge in [-0.1, -0.05) is 31.2 Å². The van der Waals surface area contributed by atoms with Crippen molar-refractivity contribution in [2.75, 3.05) is 12.5 Å². The van der Waals surface area contributed by atoms with E-state index in [0.717, 1.165) is 35.0 Å². The Bertz CT molecular complexity index is 1130. The lowest BCUT2D eigenvalue weighted by Crippen LogP contribution is -2.33. The summed E-state index contributed by atoms with van der Waals surface area (Å²) in [5.74, 6) is -0.488. The van der Waals surface area contributed by atoms with Gasteiger partial charge in [0.1, 0.15) is 9.84 Å². The van der Waals surface area contributed by atoms with Gasteiger partial charge in [-0.3, -0.25) is 24.7 Å². The fourth-order valence-electron chi connectivity index (χ4n) is 3.87. The van der Waals surface area contributed by atoms with E-state index in [1.165, 1.54) is 0 Å². The van der Waals surface area contributed by atoms with Gasteiger partial charge in [-0.2, -0.15) is 0 Å². The number of sulfone groups is 1. The zero-order chi connectivity index (χ0) is 25.0. The number of hydrogen-bond acceptors (Lipinski definition) is 6. The molecular formula is C25H32N2O5S. The number of rotatable bonds is 6. The fourth-order valence-corrected chi connectivity index (χ4v) is 3.87. The van der Waals surface area contributed by atoms with Crippen LogP contribution in [0.1, 0.15) is 65.5 Å². The number of pyridine rings is 1. The Morgan fingerprint density at radius 1 is 1.09 bits per heavy atom. The molecule has 1 aliphatic rings. The maximum Gasteiger partial charge on any atom is 0.233 e. The highest BCUT2D eigenvalue weighted by Crippen LogP contribution is 2.41. The molecule has 33 heavy (non-hydrogen) atoms. The van der Waals surface area contributed by atoms with Gasteiger partial charge in [0.05, 0.1) is 5.41 Å². The molecule has 178 valence electrons. The molecule has 0 spiro atoms. The summed E-state index contributed by atoms with van der Waals surface area (Å²) in [5.41, 5.74) is 3.90. The number of carbonyl (C=O) groups excluding carboxylic acids is 3. The molecule has 1 N–H and O–H groups in total. The molecule has 3 rings (SSSR count). The quantitative estimate of drug-likeness (QED) is 0.510. The van der Waals surface area contributed by atoms with Crippen molar-refractivity contribution in [2.24, 2.45) is 5.41 Å². The molecule has 2 amide bonds. The largest absolute Gasteiger partial charge is 0.296 e. The molecule has 0 unspecified atom stereocenters. The minimum atomic E-state index is -2.67. The van der Waals surface area contributed by atoms with Crippen LogP contribution in [0.5, 0.6) is 0 Å². The van der Waals surface area contributed by atoms with E-state index in [1.54, 1.807) is 0 Å². The minimum Gasteiger partial charge on any atom is -0.296 e. The highest BCUT2D eigenvalue weighted by atomic mass is 32.2. The smallest absolute Gasteiger partial charge is 0.233 e. The molecule has 2 atom stereocenters. The second kappa shape index (κ2) is 10.4. The zero-order valence-electron chi connectivity index (χ0n) is 20.1. The molecule has 1 saturated heterocycles. The molecule has 0 bridgehead atoms. The molecule has 0 radical (unpaired) electrons. The fraction of sp³-hybridized carbons (Fsp3) is 0.440. The minimum absolute atomic E-state index is 0.0892. The third kappa shape index (κ3) is 7.60. The van der Waals surface area contributed by atoms with Crippen molar-refractivity contribution in [2.45, 2.75) is 52.9 Å². The van der Waals surface area contributed by atoms with Gasteiger partial charge < -0.3 is 0 Å². The molecule has 2 aromatic rings. The van der Waals surface area contributed by atoms with Crippen molar-refractivity contribution >= 4 is 27.4 Å². The van der Waals surface area contributed by atoms with E-state index in [0.29, 0.717) is 18.4 Å². The second-order valence-corrected chi connectivity index (χ2v) is 11.4. The number of ketones is 1. The van der Waals surface area contributed by atoms with Gasteiger partial charge in [-0.15, -0.1) is 0 Å². The average Bonchev–Trinajstić information content (AvgIpc) is 2.96. The number of aryl methyl sites for hydroxylation is 3. The van der Waals surface area contributed by atoms with Crippen LogP contribution in [0.25, 0.3) is 0 Å². The van der Waals surface area contributed by atoms with Crippen molar-refractivity contribution < 1.29 is 22.8 Å². The van der Waals surface area contributed by atoms with Crippen LogP contribution < -0.4 is 5.32 Å². The number of Topliss-reactive ketones (excluding diaryl/α,β-unsaturated/α-hetero) is 1. The number of aromatic nitrogens is 1. The van der Waals surface area contributed by atoms with Gasteiger partial charge in [0.2, 0.25) is 11.8 Å². The van der Waals surface area contributed by atoms with E-state index in [4.69, 9.17) is 0 Å². The summed E-state index contributed by atoms with van der Waals surface area (Å²) in [6.07, 6.45) is 3.63. The van der Waals surface area contributed by atoms with Crippen LogP contribution in [-0.2, 0) is 25.8 Å². The molecule has 1 aromatic carbocycles. The molecule has 0 aliphatic carbocycles. The van der Waals surface area contributed by atoms with Gasteiger partial charge in [0.25, 0.3) is 0 Å². The van der Waals surface area contributed by atoms with Gasteiger partial charge in [-0.05, 0) is 56.4 Å². The molecule has 1 aliphatic heterocycles. The van der Waals surface area contributed by atoms with Gasteiger partial charge >= 0.3 is 0 Å². The third-order valence-electron chi connectivity index (χ3n) is 5.77. The highest BCUT2D eigenvalue weighted by Gasteiger charge is 2.46. The van der Waals surface area contributed by atoms with E-state index in [-0.39, 0.29) is 29.9 Å². The lowest BCUT2D eigenvalue weighted by Gasteiger charge is -2.28. The maximum absolute atomic E-state index is 12.6. The Hall–Kier alpha value is -2.87. The molecule has 8 heteroatoms. The first-order chi connectivity index (χ1) is 15.2. The van der Waals surface area contributed by atoms with Crippen molar-refractivity contribution in [3.63, 3.8) is 0 Å². The van der Waals surface area contributed by atoms with E-state index >= 15 is 0 Å². The van der Waals surface area contributed by atoms with E-state index < -0.39 is 15.3 Å². The maximum atomic E-state index is 12.6. The molecule has 2 heterocycles. The SMILES string of the molecule is CS(C)(=O)=O.Cc1cc(CCC(=O)c2ccc([C@@H](C)[C@]3(C)CC(=O)NC3=O)cc2)cc(C)n1. The summed E-state index contributed by atoms with van der Waals surface area (Å²) in [6, 6.07) is 11.4. The summed E-state index contributed by atoms with van der Waals surface area (Å²) < 4.78 is 19.3. The third-order valence-corrected chi connectivity index (χ3v) is 5.77. The topological polar surface area (TPSA) is 110 Å². The summed E-state index contributed by atoms with van der Waals surface area (Å²) in [7, 11) is -2.67. The van der Waals surface area contributed by atoms with Crippen molar-refractivity contribution in [1.29, 1.82) is 0 Å². The second-order valence-electron chi connectivity index (χ2n) is 9.14. The first kappa shape index (κ1) is 26.4. The number of hydrogen-bond donors (Lipinski definition) is 1. The Balaban J connectivity index is 0.000000696. The molecular weight excluding hydrogens is 440 g/mol. The predicted molar refractivity (Wildman–Crippen MR) is 128 cm³/mol. The number of nitrogens with zero attached hydrogens (tertiary/aromatic N) is 1. The Morgan fingerprint density at radius 2 is 1.61 bits per heavy atom. The van der Waals surface area contributed by atoms with E-state index in [1.807, 2.05) is 64.1 Å². The molecule has 1 fully saturated rings. The lowest BCUT2D eigenvalue weighted by molar-refractivity contribution is -0.128. The standard InChI is InChI=1S/C23H26N2O3.C2H6O2S/c1-14-11-17(12-15(2)24-14)5-10-20(26)19-8-6-18(7-9-19)16(3)23(4)13-21(27)25-22(23)28;1-5(2,3)4/h6-9,11-12,16H,5,10,13H2,1-4H3,(H,25,27,28);1-2H3/t16-,23+;/m1./s1. The van der Waals surface area contributed by atoms with Crippen LogP contribution in [0.3, 0.4) is 0 Å². The van der Waals surface area contributed by atoms with Crippen LogP contribution in [0.2, 0.25) is 0 Å². The summed E-state index contributed by atoms with van der Waals surface area (Å²) in [4.78, 5) is 40.7. The van der Waals surface area contributed by atoms with Crippen LogP contribution in [-0.4, -0.2) is 43.5 Å². The molecule has 0 saturated carbocycles. The number of amides is 2. The number of nitrogens with one attached hydrogen (secondary N) is 1. The Morgan fingerprint density at radius 3 is 2.06 bits per heavy atom. The van der Waals surface area contributed by atoms with Crippen molar-refractivity contribution in [1.82, 2.24) is 10.3 Å². The average molecular weight is 473 g/mol. The van der Waals surface area contributed by atoms with E-state index in [2.05, 4.69) is 10.3 Å². The zero-order valence-corrected chi connectivity index (χ0v) is 20.9. The van der Waals surface area contributed by atoms with Gasteiger partial charge in [0, 0.05) is 42.3 Å². The Labute approximate surface area is 195 Å². The van der Waals surface area contributed by atoms with E-state index in [9.17, 15) is 22.8 Å².